The molecule has 0 radical (unpaired) electrons. The highest BCUT2D eigenvalue weighted by atomic mass is 32.2. The molecule has 0 spiro atoms. The molecule has 18 heavy (non-hydrogen) atoms. The van der Waals surface area contributed by atoms with E-state index in [4.69, 9.17) is 8.74 Å². The molecule has 0 aromatic heterocycles. The van der Waals surface area contributed by atoms with Gasteiger partial charge < -0.3 is 0 Å². The van der Waals surface area contributed by atoms with Crippen LogP contribution in [-0.2, 0) is 25.6 Å². The Labute approximate surface area is 111 Å². The summed E-state index contributed by atoms with van der Waals surface area (Å²) in [7, 11) is -3.76. The van der Waals surface area contributed by atoms with Gasteiger partial charge in [-0.25, -0.2) is 4.21 Å². The number of rotatable bonds is 8. The first kappa shape index (κ1) is 16.0. The maximum absolute atomic E-state index is 11.6. The topological polar surface area (TPSA) is 83.9 Å². The lowest BCUT2D eigenvalue weighted by molar-refractivity contribution is 0.298. The highest BCUT2D eigenvalue weighted by molar-refractivity contribution is 7.87. The Kier molecular flexibility index (Phi) is 6.72. The highest BCUT2D eigenvalue weighted by Gasteiger charge is 2.26. The monoisotopic (exact) mass is 299 g/mol. The molecule has 0 bridgehead atoms. The molecule has 1 atom stereocenters. The molecular weight excluding hydrogens is 278 g/mol. The van der Waals surface area contributed by atoms with E-state index in [2.05, 4.69) is 0 Å². The zero-order valence-corrected chi connectivity index (χ0v) is 12.2. The van der Waals surface area contributed by atoms with E-state index in [9.17, 15) is 12.6 Å². The standard InChI is InChI=1S/C10H21NO5S2/c1-2-7-16-18(14,15)9-11(17(12)13)8-10-5-3-4-6-10/h10H,2-9H2,1H3,(H,12,13). The Hall–Kier alpha value is -0.0200. The summed E-state index contributed by atoms with van der Waals surface area (Å²) < 4.78 is 49.2. The maximum atomic E-state index is 11.6. The molecule has 0 aliphatic heterocycles. The zero-order valence-electron chi connectivity index (χ0n) is 10.6. The summed E-state index contributed by atoms with van der Waals surface area (Å²) >= 11 is -2.28. The van der Waals surface area contributed by atoms with Gasteiger partial charge in [0.2, 0.25) is 11.3 Å². The lowest BCUT2D eigenvalue weighted by atomic mass is 10.1. The Balaban J connectivity index is 2.53. The summed E-state index contributed by atoms with van der Waals surface area (Å²) in [5.74, 6) is -0.213. The van der Waals surface area contributed by atoms with Crippen molar-refractivity contribution in [3.05, 3.63) is 0 Å². The summed E-state index contributed by atoms with van der Waals surface area (Å²) in [6.45, 7) is 2.24. The van der Waals surface area contributed by atoms with Crippen LogP contribution in [-0.4, -0.2) is 40.5 Å². The average molecular weight is 299 g/mol. The van der Waals surface area contributed by atoms with Gasteiger partial charge in [-0.05, 0) is 25.2 Å². The van der Waals surface area contributed by atoms with Gasteiger partial charge in [0, 0.05) is 6.54 Å². The number of nitrogens with zero attached hydrogens (tertiary/aromatic N) is 1. The molecule has 1 aliphatic carbocycles. The van der Waals surface area contributed by atoms with Crippen LogP contribution in [0.2, 0.25) is 0 Å². The zero-order chi connectivity index (χ0) is 13.6. The molecule has 0 saturated heterocycles. The fraction of sp³-hybridized carbons (Fsp3) is 1.00. The van der Waals surface area contributed by atoms with Gasteiger partial charge in [0.05, 0.1) is 6.61 Å². The van der Waals surface area contributed by atoms with E-state index >= 15 is 0 Å². The second kappa shape index (κ2) is 7.54. The van der Waals surface area contributed by atoms with E-state index in [1.807, 2.05) is 0 Å². The third-order valence-corrected chi connectivity index (χ3v) is 4.96. The molecule has 108 valence electrons. The van der Waals surface area contributed by atoms with Crippen molar-refractivity contribution in [3.8, 4) is 0 Å². The molecule has 0 aromatic carbocycles. The fourth-order valence-corrected chi connectivity index (χ4v) is 4.11. The van der Waals surface area contributed by atoms with Crippen molar-refractivity contribution in [2.24, 2.45) is 5.92 Å². The van der Waals surface area contributed by atoms with Crippen LogP contribution in [0.25, 0.3) is 0 Å². The van der Waals surface area contributed by atoms with Gasteiger partial charge in [0.15, 0.2) is 0 Å². The molecule has 1 unspecified atom stereocenters. The quantitative estimate of drug-likeness (QED) is 0.540. The van der Waals surface area contributed by atoms with Gasteiger partial charge >= 0.3 is 0 Å². The Bertz CT molecular complexity index is 364. The van der Waals surface area contributed by atoms with Crippen LogP contribution < -0.4 is 0 Å². The van der Waals surface area contributed by atoms with E-state index in [1.165, 1.54) is 0 Å². The van der Waals surface area contributed by atoms with E-state index < -0.39 is 27.3 Å². The Morgan fingerprint density at radius 2 is 2.00 bits per heavy atom. The van der Waals surface area contributed by atoms with Crippen LogP contribution >= 0.6 is 0 Å². The molecule has 1 N–H and O–H groups in total. The molecule has 1 saturated carbocycles. The van der Waals surface area contributed by atoms with Crippen LogP contribution in [0.15, 0.2) is 0 Å². The van der Waals surface area contributed by atoms with Gasteiger partial charge in [-0.3, -0.25) is 8.74 Å². The summed E-state index contributed by atoms with van der Waals surface area (Å²) in [5, 5.41) is 0. The minimum absolute atomic E-state index is 0.109. The molecule has 6 nitrogen and oxygen atoms in total. The van der Waals surface area contributed by atoms with Crippen molar-refractivity contribution >= 4 is 21.4 Å². The normalized spacial score (nSPS) is 19.5. The second-order valence-corrected chi connectivity index (χ2v) is 7.14. The third-order valence-electron chi connectivity index (χ3n) is 2.93. The number of hydrogen-bond donors (Lipinski definition) is 1. The predicted molar refractivity (Wildman–Crippen MR) is 69.5 cm³/mol. The first-order chi connectivity index (χ1) is 8.44. The molecule has 0 heterocycles. The molecule has 0 aromatic rings. The van der Waals surface area contributed by atoms with Crippen LogP contribution in [0.1, 0.15) is 39.0 Å². The summed E-state index contributed by atoms with van der Waals surface area (Å²) in [6, 6.07) is 0. The van der Waals surface area contributed by atoms with Gasteiger partial charge in [-0.2, -0.15) is 12.7 Å². The lowest BCUT2D eigenvalue weighted by Crippen LogP contribution is -2.35. The highest BCUT2D eigenvalue weighted by Crippen LogP contribution is 2.26. The van der Waals surface area contributed by atoms with Gasteiger partial charge in [-0.1, -0.05) is 19.8 Å². The Morgan fingerprint density at radius 1 is 1.39 bits per heavy atom. The van der Waals surface area contributed by atoms with Crippen LogP contribution in [0.3, 0.4) is 0 Å². The second-order valence-electron chi connectivity index (χ2n) is 4.55. The Morgan fingerprint density at radius 3 is 2.50 bits per heavy atom. The molecule has 1 aliphatic rings. The summed E-state index contributed by atoms with van der Waals surface area (Å²) in [4.78, 5) is 0. The maximum Gasteiger partial charge on any atom is 0.281 e. The van der Waals surface area contributed by atoms with E-state index in [0.29, 0.717) is 18.9 Å². The van der Waals surface area contributed by atoms with Crippen molar-refractivity contribution in [3.63, 3.8) is 0 Å². The SMILES string of the molecule is CCCOS(=O)(=O)CN(CC1CCCC1)S(=O)O. The fourth-order valence-electron chi connectivity index (χ4n) is 2.07. The molecule has 8 heteroatoms. The predicted octanol–water partition coefficient (Wildman–Crippen LogP) is 1.33. The van der Waals surface area contributed by atoms with E-state index in [0.717, 1.165) is 30.0 Å². The minimum Gasteiger partial charge on any atom is -0.294 e. The first-order valence-electron chi connectivity index (χ1n) is 6.17. The van der Waals surface area contributed by atoms with Crippen molar-refractivity contribution < 1.29 is 21.4 Å². The van der Waals surface area contributed by atoms with Crippen molar-refractivity contribution in [2.75, 3.05) is 19.0 Å². The summed E-state index contributed by atoms with van der Waals surface area (Å²) in [6.07, 6.45) is 4.78. The molecule has 1 fully saturated rings. The van der Waals surface area contributed by atoms with Crippen molar-refractivity contribution in [1.29, 1.82) is 0 Å². The third kappa shape index (κ3) is 5.75. The lowest BCUT2D eigenvalue weighted by Gasteiger charge is -2.20. The molecule has 0 amide bonds. The molecule has 1 rings (SSSR count). The van der Waals surface area contributed by atoms with E-state index in [1.54, 1.807) is 6.92 Å². The largest absolute Gasteiger partial charge is 0.294 e. The first-order valence-corrected chi connectivity index (χ1v) is 8.81. The van der Waals surface area contributed by atoms with Crippen LogP contribution in [0, 0.1) is 5.92 Å². The van der Waals surface area contributed by atoms with Gasteiger partial charge in [0.1, 0.15) is 5.88 Å². The van der Waals surface area contributed by atoms with Crippen molar-refractivity contribution in [2.45, 2.75) is 39.0 Å². The van der Waals surface area contributed by atoms with Crippen LogP contribution in [0.5, 0.6) is 0 Å². The van der Waals surface area contributed by atoms with E-state index in [-0.39, 0.29) is 6.61 Å². The summed E-state index contributed by atoms with van der Waals surface area (Å²) in [5.41, 5.74) is 0. The molecular formula is C10H21NO5S2. The number of hydrogen-bond acceptors (Lipinski definition) is 4. The van der Waals surface area contributed by atoms with Crippen molar-refractivity contribution in [1.82, 2.24) is 4.31 Å². The minimum atomic E-state index is -3.76. The smallest absolute Gasteiger partial charge is 0.281 e. The van der Waals surface area contributed by atoms with Crippen LogP contribution in [0.4, 0.5) is 0 Å². The average Bonchev–Trinajstić information content (AvgIpc) is 2.78. The van der Waals surface area contributed by atoms with Gasteiger partial charge in [-0.15, -0.1) is 0 Å². The van der Waals surface area contributed by atoms with Gasteiger partial charge in [0.25, 0.3) is 10.1 Å².